The summed E-state index contributed by atoms with van der Waals surface area (Å²) in [5, 5.41) is 3.62. The lowest BCUT2D eigenvalue weighted by Crippen LogP contribution is -2.28. The molecule has 1 N–H and O–H groups in total. The van der Waals surface area contributed by atoms with Crippen molar-refractivity contribution in [3.8, 4) is 0 Å². The highest BCUT2D eigenvalue weighted by atomic mass is 16.5. The Labute approximate surface area is 94.8 Å². The van der Waals surface area contributed by atoms with Gasteiger partial charge in [0.15, 0.2) is 0 Å². The van der Waals surface area contributed by atoms with Gasteiger partial charge in [0.2, 0.25) is 0 Å². The first-order valence-electron chi connectivity index (χ1n) is 6.64. The fraction of sp³-hybridized carbons (Fsp3) is 1.00. The molecule has 0 heterocycles. The van der Waals surface area contributed by atoms with Crippen LogP contribution in [0, 0.1) is 5.92 Å². The minimum absolute atomic E-state index is 0.788. The summed E-state index contributed by atoms with van der Waals surface area (Å²) >= 11 is 0. The van der Waals surface area contributed by atoms with Gasteiger partial charge in [0.05, 0.1) is 0 Å². The van der Waals surface area contributed by atoms with Gasteiger partial charge in [0, 0.05) is 19.3 Å². The maximum absolute atomic E-state index is 5.52. The van der Waals surface area contributed by atoms with E-state index in [0.29, 0.717) is 0 Å². The third kappa shape index (κ3) is 6.16. The van der Waals surface area contributed by atoms with Crippen molar-refractivity contribution in [3.05, 3.63) is 0 Å². The summed E-state index contributed by atoms with van der Waals surface area (Å²) in [6, 6.07) is 0.788. The summed E-state index contributed by atoms with van der Waals surface area (Å²) in [7, 11) is 0. The van der Waals surface area contributed by atoms with Gasteiger partial charge in [-0.2, -0.15) is 0 Å². The van der Waals surface area contributed by atoms with Gasteiger partial charge in [-0.1, -0.05) is 20.3 Å². The van der Waals surface area contributed by atoms with Crippen LogP contribution in [0.1, 0.15) is 52.4 Å². The topological polar surface area (TPSA) is 21.3 Å². The first-order chi connectivity index (χ1) is 7.33. The second-order valence-corrected chi connectivity index (χ2v) is 4.89. The summed E-state index contributed by atoms with van der Waals surface area (Å²) < 4.78 is 5.52. The molecule has 0 bridgehead atoms. The van der Waals surface area contributed by atoms with Crippen LogP contribution in [0.2, 0.25) is 0 Å². The van der Waals surface area contributed by atoms with Crippen molar-refractivity contribution in [3.63, 3.8) is 0 Å². The van der Waals surface area contributed by atoms with Crippen LogP contribution in [0.4, 0.5) is 0 Å². The average molecular weight is 213 g/mol. The molecule has 0 aromatic heterocycles. The number of unbranched alkanes of at least 4 members (excludes halogenated alkanes) is 1. The molecule has 15 heavy (non-hydrogen) atoms. The second-order valence-electron chi connectivity index (χ2n) is 4.89. The van der Waals surface area contributed by atoms with Crippen LogP contribution >= 0.6 is 0 Å². The SMILES string of the molecule is CCCCOCCCNC1CCC(C)C1. The molecule has 0 saturated heterocycles. The Balaban J connectivity index is 1.81. The Morgan fingerprint density at radius 1 is 1.20 bits per heavy atom. The standard InChI is InChI=1S/C13H27NO/c1-3-4-9-15-10-5-8-14-13-7-6-12(2)11-13/h12-14H,3-11H2,1-2H3. The lowest BCUT2D eigenvalue weighted by Gasteiger charge is -2.12. The normalized spacial score (nSPS) is 26.0. The van der Waals surface area contributed by atoms with Crippen LogP contribution < -0.4 is 5.32 Å². The lowest BCUT2D eigenvalue weighted by molar-refractivity contribution is 0.128. The van der Waals surface area contributed by atoms with Crippen LogP contribution in [0.5, 0.6) is 0 Å². The van der Waals surface area contributed by atoms with E-state index >= 15 is 0 Å². The molecule has 0 aromatic rings. The van der Waals surface area contributed by atoms with Crippen molar-refractivity contribution in [2.75, 3.05) is 19.8 Å². The van der Waals surface area contributed by atoms with E-state index in [9.17, 15) is 0 Å². The first-order valence-corrected chi connectivity index (χ1v) is 6.64. The van der Waals surface area contributed by atoms with E-state index in [2.05, 4.69) is 19.2 Å². The van der Waals surface area contributed by atoms with Gasteiger partial charge in [-0.05, 0) is 44.6 Å². The fourth-order valence-corrected chi connectivity index (χ4v) is 2.22. The molecular weight excluding hydrogens is 186 g/mol. The van der Waals surface area contributed by atoms with E-state index in [1.807, 2.05) is 0 Å². The summed E-state index contributed by atoms with van der Waals surface area (Å²) in [4.78, 5) is 0. The van der Waals surface area contributed by atoms with Crippen LogP contribution in [0.3, 0.4) is 0 Å². The highest BCUT2D eigenvalue weighted by Gasteiger charge is 2.19. The number of hydrogen-bond donors (Lipinski definition) is 1. The van der Waals surface area contributed by atoms with Crippen molar-refractivity contribution < 1.29 is 4.74 Å². The predicted octanol–water partition coefficient (Wildman–Crippen LogP) is 2.97. The average Bonchev–Trinajstić information content (AvgIpc) is 2.63. The van der Waals surface area contributed by atoms with Crippen LogP contribution in [0.15, 0.2) is 0 Å². The molecule has 1 aliphatic carbocycles. The molecule has 1 fully saturated rings. The summed E-state index contributed by atoms with van der Waals surface area (Å²) in [5.41, 5.74) is 0. The van der Waals surface area contributed by atoms with E-state index < -0.39 is 0 Å². The van der Waals surface area contributed by atoms with Gasteiger partial charge in [-0.3, -0.25) is 0 Å². The number of ether oxygens (including phenoxy) is 1. The second kappa shape index (κ2) is 8.12. The van der Waals surface area contributed by atoms with E-state index in [-0.39, 0.29) is 0 Å². The van der Waals surface area contributed by atoms with Crippen LogP contribution in [-0.4, -0.2) is 25.8 Å². The molecule has 0 aromatic carbocycles. The zero-order chi connectivity index (χ0) is 10.9. The molecule has 0 spiro atoms. The van der Waals surface area contributed by atoms with Crippen molar-refractivity contribution >= 4 is 0 Å². The van der Waals surface area contributed by atoms with Gasteiger partial charge < -0.3 is 10.1 Å². The molecule has 2 unspecified atom stereocenters. The first kappa shape index (κ1) is 13.0. The quantitative estimate of drug-likeness (QED) is 0.626. The third-order valence-corrected chi connectivity index (χ3v) is 3.24. The molecule has 2 heteroatoms. The Morgan fingerprint density at radius 2 is 2.00 bits per heavy atom. The molecule has 1 aliphatic rings. The van der Waals surface area contributed by atoms with E-state index in [4.69, 9.17) is 4.74 Å². The number of rotatable bonds is 8. The molecule has 1 rings (SSSR count). The molecule has 0 radical (unpaired) electrons. The van der Waals surface area contributed by atoms with E-state index in [0.717, 1.165) is 38.1 Å². The Kier molecular flexibility index (Phi) is 7.03. The van der Waals surface area contributed by atoms with E-state index in [1.165, 1.54) is 32.1 Å². The maximum Gasteiger partial charge on any atom is 0.0478 e. The minimum Gasteiger partial charge on any atom is -0.381 e. The smallest absolute Gasteiger partial charge is 0.0478 e. The van der Waals surface area contributed by atoms with Crippen LogP contribution in [0.25, 0.3) is 0 Å². The molecule has 90 valence electrons. The van der Waals surface area contributed by atoms with Crippen LogP contribution in [-0.2, 0) is 4.74 Å². The summed E-state index contributed by atoms with van der Waals surface area (Å²) in [6.45, 7) is 7.55. The van der Waals surface area contributed by atoms with Crippen molar-refractivity contribution in [2.45, 2.75) is 58.4 Å². The third-order valence-electron chi connectivity index (χ3n) is 3.24. The zero-order valence-corrected chi connectivity index (χ0v) is 10.4. The summed E-state index contributed by atoms with van der Waals surface area (Å²) in [5.74, 6) is 0.934. The monoisotopic (exact) mass is 213 g/mol. The van der Waals surface area contributed by atoms with Gasteiger partial charge in [-0.15, -0.1) is 0 Å². The maximum atomic E-state index is 5.52. The van der Waals surface area contributed by atoms with Crippen molar-refractivity contribution in [2.24, 2.45) is 5.92 Å². The highest BCUT2D eigenvalue weighted by Crippen LogP contribution is 2.24. The van der Waals surface area contributed by atoms with Gasteiger partial charge in [-0.25, -0.2) is 0 Å². The lowest BCUT2D eigenvalue weighted by atomic mass is 10.1. The molecular formula is C13H27NO. The minimum atomic E-state index is 0.788. The summed E-state index contributed by atoms with van der Waals surface area (Å²) in [6.07, 6.45) is 7.75. The van der Waals surface area contributed by atoms with Crippen molar-refractivity contribution in [1.82, 2.24) is 5.32 Å². The Hall–Kier alpha value is -0.0800. The van der Waals surface area contributed by atoms with Gasteiger partial charge in [0.25, 0.3) is 0 Å². The Morgan fingerprint density at radius 3 is 2.67 bits per heavy atom. The number of nitrogens with one attached hydrogen (secondary N) is 1. The highest BCUT2D eigenvalue weighted by molar-refractivity contribution is 4.77. The van der Waals surface area contributed by atoms with Gasteiger partial charge >= 0.3 is 0 Å². The van der Waals surface area contributed by atoms with E-state index in [1.54, 1.807) is 0 Å². The fourth-order valence-electron chi connectivity index (χ4n) is 2.22. The van der Waals surface area contributed by atoms with Gasteiger partial charge in [0.1, 0.15) is 0 Å². The molecule has 1 saturated carbocycles. The largest absolute Gasteiger partial charge is 0.381 e. The molecule has 0 aliphatic heterocycles. The molecule has 0 amide bonds. The predicted molar refractivity (Wildman–Crippen MR) is 65.1 cm³/mol. The molecule has 2 atom stereocenters. The van der Waals surface area contributed by atoms with Crippen molar-refractivity contribution in [1.29, 1.82) is 0 Å². The molecule has 2 nitrogen and oxygen atoms in total. The number of hydrogen-bond acceptors (Lipinski definition) is 2. The Bertz CT molecular complexity index is 149. The zero-order valence-electron chi connectivity index (χ0n) is 10.4.